The molecular formula is C15H14F3N5. The van der Waals surface area contributed by atoms with Gasteiger partial charge in [0.15, 0.2) is 0 Å². The molecule has 0 amide bonds. The molecular weight excluding hydrogens is 307 g/mol. The molecule has 0 aromatic carbocycles. The van der Waals surface area contributed by atoms with Crippen molar-refractivity contribution in [2.24, 2.45) is 0 Å². The number of halogens is 3. The van der Waals surface area contributed by atoms with Gasteiger partial charge >= 0.3 is 6.18 Å². The predicted molar refractivity (Wildman–Crippen MR) is 78.9 cm³/mol. The van der Waals surface area contributed by atoms with Gasteiger partial charge in [-0.05, 0) is 24.6 Å². The Hall–Kier alpha value is -2.64. The van der Waals surface area contributed by atoms with Crippen molar-refractivity contribution in [2.45, 2.75) is 25.6 Å². The molecule has 3 heterocycles. The Balaban J connectivity index is 1.66. The number of aromatic nitrogens is 4. The molecule has 0 saturated carbocycles. The smallest absolute Gasteiger partial charge is 0.350 e. The highest BCUT2D eigenvalue weighted by atomic mass is 19.4. The van der Waals surface area contributed by atoms with Crippen molar-refractivity contribution in [3.63, 3.8) is 0 Å². The Kier molecular flexibility index (Phi) is 4.14. The standard InChI is InChI=1S/C15H14F3N5/c16-15(17,18)6-4-12-5-7-19-14(22-12)20-9-11-10-21-23-8-2-1-3-13(11)23/h1-3,5,7-8,10H,4,6,9H2,(H,19,20,22). The summed E-state index contributed by atoms with van der Waals surface area (Å²) in [5.74, 6) is 0.306. The van der Waals surface area contributed by atoms with E-state index in [1.165, 1.54) is 12.3 Å². The van der Waals surface area contributed by atoms with Crippen LogP contribution in [0.5, 0.6) is 0 Å². The second-order valence-electron chi connectivity index (χ2n) is 5.04. The SMILES string of the molecule is FC(F)(F)CCc1ccnc(NCc2cnn3ccccc23)n1. The van der Waals surface area contributed by atoms with Crippen LogP contribution in [0, 0.1) is 0 Å². The van der Waals surface area contributed by atoms with Gasteiger partial charge in [0.1, 0.15) is 0 Å². The summed E-state index contributed by atoms with van der Waals surface area (Å²) in [6, 6.07) is 7.22. The molecule has 3 rings (SSSR count). The summed E-state index contributed by atoms with van der Waals surface area (Å²) in [5, 5.41) is 7.24. The van der Waals surface area contributed by atoms with Crippen LogP contribution in [-0.4, -0.2) is 25.8 Å². The first-order valence-electron chi connectivity index (χ1n) is 7.05. The Labute approximate surface area is 130 Å². The van der Waals surface area contributed by atoms with Gasteiger partial charge in [-0.15, -0.1) is 0 Å². The molecule has 23 heavy (non-hydrogen) atoms. The van der Waals surface area contributed by atoms with Gasteiger partial charge < -0.3 is 5.32 Å². The Morgan fingerprint density at radius 1 is 1.17 bits per heavy atom. The monoisotopic (exact) mass is 321 g/mol. The van der Waals surface area contributed by atoms with E-state index in [2.05, 4.69) is 20.4 Å². The van der Waals surface area contributed by atoms with E-state index < -0.39 is 12.6 Å². The normalized spacial score (nSPS) is 11.8. The Bertz CT molecular complexity index is 797. The lowest BCUT2D eigenvalue weighted by Crippen LogP contribution is -2.10. The molecule has 3 aromatic rings. The van der Waals surface area contributed by atoms with E-state index in [1.807, 2.05) is 24.4 Å². The molecule has 3 aromatic heterocycles. The predicted octanol–water partition coefficient (Wildman–Crippen LogP) is 3.23. The van der Waals surface area contributed by atoms with Crippen LogP contribution in [0.3, 0.4) is 0 Å². The van der Waals surface area contributed by atoms with Gasteiger partial charge in [0.2, 0.25) is 5.95 Å². The van der Waals surface area contributed by atoms with Gasteiger partial charge in [-0.1, -0.05) is 6.07 Å². The van der Waals surface area contributed by atoms with Crippen molar-refractivity contribution < 1.29 is 13.2 Å². The maximum atomic E-state index is 12.3. The average Bonchev–Trinajstić information content (AvgIpc) is 2.94. The van der Waals surface area contributed by atoms with Crippen LogP contribution in [0.1, 0.15) is 17.7 Å². The molecule has 5 nitrogen and oxygen atoms in total. The number of pyridine rings is 1. The minimum atomic E-state index is -4.18. The fourth-order valence-corrected chi connectivity index (χ4v) is 2.19. The van der Waals surface area contributed by atoms with Gasteiger partial charge in [0.25, 0.3) is 0 Å². The van der Waals surface area contributed by atoms with Gasteiger partial charge in [-0.3, -0.25) is 0 Å². The Morgan fingerprint density at radius 3 is 2.87 bits per heavy atom. The summed E-state index contributed by atoms with van der Waals surface area (Å²) in [5.41, 5.74) is 2.27. The van der Waals surface area contributed by atoms with Crippen LogP contribution in [0.4, 0.5) is 19.1 Å². The highest BCUT2D eigenvalue weighted by molar-refractivity contribution is 5.54. The molecule has 0 bridgehead atoms. The lowest BCUT2D eigenvalue weighted by atomic mass is 10.2. The van der Waals surface area contributed by atoms with Crippen LogP contribution < -0.4 is 5.32 Å². The number of alkyl halides is 3. The van der Waals surface area contributed by atoms with E-state index >= 15 is 0 Å². The number of nitrogens with one attached hydrogen (secondary N) is 1. The lowest BCUT2D eigenvalue weighted by Gasteiger charge is -2.07. The molecule has 0 unspecified atom stereocenters. The zero-order chi connectivity index (χ0) is 16.3. The van der Waals surface area contributed by atoms with E-state index in [1.54, 1.807) is 10.7 Å². The van der Waals surface area contributed by atoms with Gasteiger partial charge in [0.05, 0.1) is 11.7 Å². The summed E-state index contributed by atoms with van der Waals surface area (Å²) in [4.78, 5) is 8.14. The summed E-state index contributed by atoms with van der Waals surface area (Å²) in [7, 11) is 0. The number of aryl methyl sites for hydroxylation is 1. The van der Waals surface area contributed by atoms with Crippen molar-refractivity contribution in [3.05, 3.63) is 54.1 Å². The second kappa shape index (κ2) is 6.23. The zero-order valence-corrected chi connectivity index (χ0v) is 12.1. The van der Waals surface area contributed by atoms with E-state index in [0.29, 0.717) is 18.2 Å². The van der Waals surface area contributed by atoms with Crippen molar-refractivity contribution in [1.29, 1.82) is 0 Å². The van der Waals surface area contributed by atoms with E-state index in [-0.39, 0.29) is 6.42 Å². The van der Waals surface area contributed by atoms with Gasteiger partial charge in [-0.2, -0.15) is 18.3 Å². The molecule has 0 spiro atoms. The first-order chi connectivity index (χ1) is 11.0. The molecule has 1 N–H and O–H groups in total. The number of fused-ring (bicyclic) bond motifs is 1. The average molecular weight is 321 g/mol. The summed E-state index contributed by atoms with van der Waals surface area (Å²) >= 11 is 0. The van der Waals surface area contributed by atoms with Crippen molar-refractivity contribution in [2.75, 3.05) is 5.32 Å². The molecule has 0 fully saturated rings. The summed E-state index contributed by atoms with van der Waals surface area (Å²) in [6.07, 6.45) is -0.204. The highest BCUT2D eigenvalue weighted by Gasteiger charge is 2.26. The zero-order valence-electron chi connectivity index (χ0n) is 12.1. The quantitative estimate of drug-likeness (QED) is 0.784. The maximum Gasteiger partial charge on any atom is 0.389 e. The number of anilines is 1. The Morgan fingerprint density at radius 2 is 2.04 bits per heavy atom. The molecule has 0 aliphatic rings. The van der Waals surface area contributed by atoms with Gasteiger partial charge in [-0.25, -0.2) is 14.5 Å². The van der Waals surface area contributed by atoms with Crippen molar-refractivity contribution in [3.8, 4) is 0 Å². The van der Waals surface area contributed by atoms with E-state index in [9.17, 15) is 13.2 Å². The maximum absolute atomic E-state index is 12.3. The molecule has 0 aliphatic carbocycles. The molecule has 120 valence electrons. The second-order valence-corrected chi connectivity index (χ2v) is 5.04. The molecule has 8 heteroatoms. The molecule has 0 aliphatic heterocycles. The number of nitrogens with zero attached hydrogens (tertiary/aromatic N) is 4. The summed E-state index contributed by atoms with van der Waals surface area (Å²) in [6.45, 7) is 0.441. The van der Waals surface area contributed by atoms with Crippen LogP contribution in [0.25, 0.3) is 5.52 Å². The minimum absolute atomic E-state index is 0.155. The van der Waals surface area contributed by atoms with Crippen molar-refractivity contribution in [1.82, 2.24) is 19.6 Å². The van der Waals surface area contributed by atoms with Crippen LogP contribution >= 0.6 is 0 Å². The molecule has 0 atom stereocenters. The van der Waals surface area contributed by atoms with E-state index in [0.717, 1.165) is 11.1 Å². The first kappa shape index (κ1) is 15.3. The van der Waals surface area contributed by atoms with Crippen LogP contribution in [-0.2, 0) is 13.0 Å². The third-order valence-corrected chi connectivity index (χ3v) is 3.32. The fourth-order valence-electron chi connectivity index (χ4n) is 2.19. The molecule has 0 radical (unpaired) electrons. The number of rotatable bonds is 5. The fraction of sp³-hybridized carbons (Fsp3) is 0.267. The van der Waals surface area contributed by atoms with Gasteiger partial charge in [0, 0.05) is 36.6 Å². The highest BCUT2D eigenvalue weighted by Crippen LogP contribution is 2.21. The van der Waals surface area contributed by atoms with Crippen molar-refractivity contribution >= 4 is 11.5 Å². The first-order valence-corrected chi connectivity index (χ1v) is 7.05. The number of hydrogen-bond acceptors (Lipinski definition) is 4. The third-order valence-electron chi connectivity index (χ3n) is 3.32. The summed E-state index contributed by atoms with van der Waals surface area (Å²) < 4.78 is 38.5. The number of hydrogen-bond donors (Lipinski definition) is 1. The largest absolute Gasteiger partial charge is 0.389 e. The van der Waals surface area contributed by atoms with Crippen LogP contribution in [0.15, 0.2) is 42.9 Å². The lowest BCUT2D eigenvalue weighted by molar-refractivity contribution is -0.134. The third kappa shape index (κ3) is 3.97. The van der Waals surface area contributed by atoms with E-state index in [4.69, 9.17) is 0 Å². The topological polar surface area (TPSA) is 55.1 Å². The van der Waals surface area contributed by atoms with Crippen LogP contribution in [0.2, 0.25) is 0 Å². The minimum Gasteiger partial charge on any atom is -0.350 e. The molecule has 0 saturated heterocycles.